The molecule has 0 spiro atoms. The highest BCUT2D eigenvalue weighted by Gasteiger charge is 2.23. The molecule has 0 saturated heterocycles. The molecule has 0 aliphatic rings. The second-order valence-electron chi connectivity index (χ2n) is 7.18. The molecule has 0 aliphatic heterocycles. The number of hydrogen-bond acceptors (Lipinski definition) is 6. The molecule has 172 valence electrons. The van der Waals surface area contributed by atoms with Crippen LogP contribution in [0.4, 0.5) is 5.69 Å². The molecule has 3 rings (SSSR count). The Morgan fingerprint density at radius 3 is 2.45 bits per heavy atom. The van der Waals surface area contributed by atoms with Gasteiger partial charge in [-0.25, -0.2) is 8.42 Å². The summed E-state index contributed by atoms with van der Waals surface area (Å²) in [4.78, 5) is 24.4. The monoisotopic (exact) mass is 488 g/mol. The molecule has 1 aromatic heterocycles. The van der Waals surface area contributed by atoms with Gasteiger partial charge < -0.3 is 9.94 Å². The standard InChI is InChI=1S/C23H21ClN2O6S/c1-15-19(4-3-13-26(15)29)23(28)20-14-17(24)8-11-21(20)25-33(30,31)18-9-5-16(6-10-18)7-12-22(27)32-2/h3-6,8-11,13-14,25H,7,12H2,1-2H3. The Kier molecular flexibility index (Phi) is 7.35. The number of nitrogens with one attached hydrogen (secondary N) is 1. The Bertz CT molecular complexity index is 1310. The van der Waals surface area contributed by atoms with Gasteiger partial charge in [0, 0.05) is 30.0 Å². The highest BCUT2D eigenvalue weighted by atomic mass is 35.5. The van der Waals surface area contributed by atoms with E-state index in [1.807, 2.05) is 0 Å². The number of benzene rings is 2. The number of sulfonamides is 1. The van der Waals surface area contributed by atoms with E-state index in [-0.39, 0.29) is 44.8 Å². The number of carbonyl (C=O) groups is 2. The van der Waals surface area contributed by atoms with Crippen molar-refractivity contribution >= 4 is 39.1 Å². The SMILES string of the molecule is COC(=O)CCc1ccc(S(=O)(=O)Nc2ccc(Cl)cc2C(=O)c2ccc[n+]([O-])c2C)cc1. The molecule has 0 unspecified atom stereocenters. The van der Waals surface area contributed by atoms with Gasteiger partial charge in [0.1, 0.15) is 0 Å². The van der Waals surface area contributed by atoms with Gasteiger partial charge in [-0.1, -0.05) is 23.7 Å². The first kappa shape index (κ1) is 24.2. The van der Waals surface area contributed by atoms with Crippen LogP contribution in [0.1, 0.15) is 33.6 Å². The predicted molar refractivity (Wildman–Crippen MR) is 123 cm³/mol. The number of ether oxygens (including phenoxy) is 1. The van der Waals surface area contributed by atoms with E-state index in [2.05, 4.69) is 9.46 Å². The Morgan fingerprint density at radius 1 is 1.09 bits per heavy atom. The molecule has 10 heteroatoms. The van der Waals surface area contributed by atoms with Gasteiger partial charge in [0.2, 0.25) is 11.5 Å². The maximum absolute atomic E-state index is 13.1. The van der Waals surface area contributed by atoms with E-state index < -0.39 is 15.8 Å². The van der Waals surface area contributed by atoms with E-state index >= 15 is 0 Å². The summed E-state index contributed by atoms with van der Waals surface area (Å²) in [6, 6.07) is 13.1. The van der Waals surface area contributed by atoms with Crippen LogP contribution in [0.5, 0.6) is 0 Å². The molecule has 0 aliphatic carbocycles. The third-order valence-electron chi connectivity index (χ3n) is 5.00. The number of carbonyl (C=O) groups excluding carboxylic acids is 2. The van der Waals surface area contributed by atoms with E-state index in [1.54, 1.807) is 12.1 Å². The number of nitrogens with zero attached hydrogens (tertiary/aromatic N) is 1. The number of aromatic nitrogens is 1. The summed E-state index contributed by atoms with van der Waals surface area (Å²) >= 11 is 6.06. The molecular formula is C23H21ClN2O6S. The van der Waals surface area contributed by atoms with Crippen molar-refractivity contribution in [2.75, 3.05) is 11.8 Å². The summed E-state index contributed by atoms with van der Waals surface area (Å²) in [5.41, 5.74) is 1.12. The largest absolute Gasteiger partial charge is 0.618 e. The van der Waals surface area contributed by atoms with Gasteiger partial charge in [0.25, 0.3) is 10.0 Å². The lowest BCUT2D eigenvalue weighted by Crippen LogP contribution is -2.31. The van der Waals surface area contributed by atoms with Gasteiger partial charge in [-0.15, -0.1) is 0 Å². The zero-order chi connectivity index (χ0) is 24.2. The lowest BCUT2D eigenvalue weighted by Gasteiger charge is -2.14. The summed E-state index contributed by atoms with van der Waals surface area (Å²) < 4.78 is 33.5. The second-order valence-corrected chi connectivity index (χ2v) is 9.30. The van der Waals surface area contributed by atoms with Crippen LogP contribution in [0.2, 0.25) is 5.02 Å². The fourth-order valence-electron chi connectivity index (χ4n) is 3.13. The van der Waals surface area contributed by atoms with Crippen molar-refractivity contribution in [3.63, 3.8) is 0 Å². The molecule has 0 radical (unpaired) electrons. The Morgan fingerprint density at radius 2 is 1.79 bits per heavy atom. The fourth-order valence-corrected chi connectivity index (χ4v) is 4.39. The molecule has 1 N–H and O–H groups in total. The third-order valence-corrected chi connectivity index (χ3v) is 6.62. The summed E-state index contributed by atoms with van der Waals surface area (Å²) in [6.07, 6.45) is 1.86. The average Bonchev–Trinajstić information content (AvgIpc) is 2.80. The van der Waals surface area contributed by atoms with Gasteiger partial charge in [-0.2, -0.15) is 4.73 Å². The van der Waals surface area contributed by atoms with E-state index in [4.69, 9.17) is 11.6 Å². The van der Waals surface area contributed by atoms with Gasteiger partial charge in [0.15, 0.2) is 6.20 Å². The van der Waals surface area contributed by atoms with Crippen LogP contribution in [-0.2, 0) is 26.0 Å². The first-order valence-corrected chi connectivity index (χ1v) is 11.7. The third kappa shape index (κ3) is 5.68. The lowest BCUT2D eigenvalue weighted by atomic mass is 10.0. The lowest BCUT2D eigenvalue weighted by molar-refractivity contribution is -0.612. The zero-order valence-electron chi connectivity index (χ0n) is 17.9. The van der Waals surface area contributed by atoms with Gasteiger partial charge in [-0.3, -0.25) is 14.3 Å². The van der Waals surface area contributed by atoms with Crippen molar-refractivity contribution in [3.8, 4) is 0 Å². The molecule has 0 amide bonds. The van der Waals surface area contributed by atoms with Crippen LogP contribution in [0.25, 0.3) is 0 Å². The number of esters is 1. The highest BCUT2D eigenvalue weighted by Crippen LogP contribution is 2.27. The number of anilines is 1. The Labute approximate surface area is 196 Å². The number of aryl methyl sites for hydroxylation is 1. The molecule has 33 heavy (non-hydrogen) atoms. The van der Waals surface area contributed by atoms with Crippen LogP contribution >= 0.6 is 11.6 Å². The number of hydrogen-bond donors (Lipinski definition) is 1. The number of rotatable bonds is 8. The maximum Gasteiger partial charge on any atom is 0.305 e. The van der Waals surface area contributed by atoms with Gasteiger partial charge in [0.05, 0.1) is 23.3 Å². The summed E-state index contributed by atoms with van der Waals surface area (Å²) in [5, 5.41) is 12.1. The van der Waals surface area contributed by atoms with Gasteiger partial charge in [-0.05, 0) is 48.4 Å². The first-order valence-electron chi connectivity index (χ1n) is 9.84. The van der Waals surface area contributed by atoms with Crippen LogP contribution < -0.4 is 9.45 Å². The number of pyridine rings is 1. The minimum Gasteiger partial charge on any atom is -0.618 e. The first-order chi connectivity index (χ1) is 15.6. The molecule has 2 aromatic carbocycles. The topological polar surface area (TPSA) is 116 Å². The van der Waals surface area contributed by atoms with Crippen LogP contribution in [-0.4, -0.2) is 27.3 Å². The maximum atomic E-state index is 13.1. The Balaban J connectivity index is 1.89. The molecule has 0 atom stereocenters. The molecule has 0 saturated carbocycles. The van der Waals surface area contributed by atoms with Crippen molar-refractivity contribution in [1.82, 2.24) is 0 Å². The predicted octanol–water partition coefficient (Wildman–Crippen LogP) is 3.42. The van der Waals surface area contributed by atoms with Crippen molar-refractivity contribution < 1.29 is 27.5 Å². The van der Waals surface area contributed by atoms with E-state index in [9.17, 15) is 23.2 Å². The molecule has 1 heterocycles. The molecule has 3 aromatic rings. The minimum atomic E-state index is -4.04. The summed E-state index contributed by atoms with van der Waals surface area (Å²) in [6.45, 7) is 1.50. The minimum absolute atomic E-state index is 0.00933. The Hall–Kier alpha value is -3.43. The summed E-state index contributed by atoms with van der Waals surface area (Å²) in [7, 11) is -2.74. The molecular weight excluding hydrogens is 468 g/mol. The van der Waals surface area contributed by atoms with Crippen LogP contribution in [0, 0.1) is 12.1 Å². The highest BCUT2D eigenvalue weighted by molar-refractivity contribution is 7.92. The average molecular weight is 489 g/mol. The smallest absolute Gasteiger partial charge is 0.305 e. The van der Waals surface area contributed by atoms with Crippen molar-refractivity contribution in [3.05, 3.63) is 93.4 Å². The molecule has 0 fully saturated rings. The number of methoxy groups -OCH3 is 1. The number of halogens is 1. The van der Waals surface area contributed by atoms with E-state index in [1.165, 1.54) is 62.7 Å². The second kappa shape index (κ2) is 10.0. The van der Waals surface area contributed by atoms with Crippen LogP contribution in [0.3, 0.4) is 0 Å². The van der Waals surface area contributed by atoms with E-state index in [0.29, 0.717) is 11.2 Å². The quantitative estimate of drug-likeness (QED) is 0.225. The zero-order valence-corrected chi connectivity index (χ0v) is 19.4. The van der Waals surface area contributed by atoms with Crippen molar-refractivity contribution in [1.29, 1.82) is 0 Å². The number of ketones is 1. The summed E-state index contributed by atoms with van der Waals surface area (Å²) in [5.74, 6) is -0.902. The fraction of sp³-hybridized carbons (Fsp3) is 0.174. The van der Waals surface area contributed by atoms with Gasteiger partial charge >= 0.3 is 5.97 Å². The van der Waals surface area contributed by atoms with Crippen LogP contribution in [0.15, 0.2) is 65.7 Å². The van der Waals surface area contributed by atoms with Crippen molar-refractivity contribution in [2.24, 2.45) is 0 Å². The molecule has 8 nitrogen and oxygen atoms in total. The van der Waals surface area contributed by atoms with E-state index in [0.717, 1.165) is 5.56 Å². The van der Waals surface area contributed by atoms with Crippen molar-refractivity contribution in [2.45, 2.75) is 24.7 Å². The molecule has 0 bridgehead atoms. The normalized spacial score (nSPS) is 11.1.